The van der Waals surface area contributed by atoms with Gasteiger partial charge in [0, 0.05) is 6.54 Å². The molecule has 0 bridgehead atoms. The van der Waals surface area contributed by atoms with Crippen LogP contribution in [0.4, 0.5) is 0 Å². The van der Waals surface area contributed by atoms with Gasteiger partial charge in [-0.15, -0.1) is 6.58 Å². The van der Waals surface area contributed by atoms with Gasteiger partial charge in [0.05, 0.1) is 0 Å². The average Bonchev–Trinajstić information content (AvgIpc) is 2.23. The van der Waals surface area contributed by atoms with Crippen molar-refractivity contribution in [2.75, 3.05) is 13.6 Å². The third-order valence-electron chi connectivity index (χ3n) is 2.72. The van der Waals surface area contributed by atoms with Gasteiger partial charge in [-0.05, 0) is 26.8 Å². The maximum atomic E-state index is 11.3. The van der Waals surface area contributed by atoms with Crippen molar-refractivity contribution in [2.45, 2.75) is 32.2 Å². The fourth-order valence-corrected chi connectivity index (χ4v) is 1.20. The molecule has 0 rings (SSSR count). The minimum Gasteiger partial charge on any atom is -0.299 e. The molecule has 1 atom stereocenters. The van der Waals surface area contributed by atoms with E-state index in [1.807, 2.05) is 18.9 Å². The smallest absolute Gasteiger partial charge is 0.299 e. The van der Waals surface area contributed by atoms with Crippen LogP contribution in [0.15, 0.2) is 12.7 Å². The molecule has 4 heteroatoms. The molecule has 0 radical (unpaired) electrons. The van der Waals surface area contributed by atoms with Crippen LogP contribution in [0.2, 0.25) is 0 Å². The number of carbonyl (C=O) groups is 1. The summed E-state index contributed by atoms with van der Waals surface area (Å²) >= 11 is 0. The van der Waals surface area contributed by atoms with Crippen LogP contribution in [-0.4, -0.2) is 35.3 Å². The molecule has 0 heterocycles. The van der Waals surface area contributed by atoms with Crippen LogP contribution in [0.1, 0.15) is 26.7 Å². The molecule has 1 unspecified atom stereocenters. The highest BCUT2D eigenvalue weighted by molar-refractivity contribution is 5.79. The third kappa shape index (κ3) is 2.82. The number of nitrogens with zero attached hydrogens (tertiary/aromatic N) is 1. The van der Waals surface area contributed by atoms with Crippen molar-refractivity contribution in [2.24, 2.45) is 0 Å². The van der Waals surface area contributed by atoms with E-state index in [1.165, 1.54) is 0 Å². The van der Waals surface area contributed by atoms with Gasteiger partial charge in [0.25, 0.3) is 0 Å². The number of carbonyl (C=O) groups excluding carboxylic acids is 1. The second kappa shape index (κ2) is 5.78. The molecule has 0 aliphatic rings. The molecule has 14 heavy (non-hydrogen) atoms. The molecule has 0 saturated heterocycles. The topological polar surface area (TPSA) is 49.8 Å². The summed E-state index contributed by atoms with van der Waals surface area (Å²) in [7, 11) is 1.82. The second-order valence-electron chi connectivity index (χ2n) is 3.51. The van der Waals surface area contributed by atoms with Crippen molar-refractivity contribution in [3.05, 3.63) is 12.7 Å². The van der Waals surface area contributed by atoms with Gasteiger partial charge in [0.2, 0.25) is 0 Å². The summed E-state index contributed by atoms with van der Waals surface area (Å²) in [6, 6.07) is 0. The van der Waals surface area contributed by atoms with Crippen molar-refractivity contribution in [3.63, 3.8) is 0 Å². The predicted molar refractivity (Wildman–Crippen MR) is 54.9 cm³/mol. The summed E-state index contributed by atoms with van der Waals surface area (Å²) in [6.07, 6.45) is 3.17. The number of hydrogen-bond acceptors (Lipinski definition) is 4. The van der Waals surface area contributed by atoms with Crippen LogP contribution in [0.25, 0.3) is 0 Å². The minimum atomic E-state index is -0.766. The normalized spacial score (nSPS) is 14.9. The van der Waals surface area contributed by atoms with E-state index < -0.39 is 11.5 Å². The standard InChI is InChI=1S/C10H19NO3/c1-5-7-8-11(4)10(3,6-2)9(12)14-13/h5,13H,1,6-8H2,2-4H3. The minimum absolute atomic E-state index is 0.583. The van der Waals surface area contributed by atoms with Crippen LogP contribution in [0, 0.1) is 0 Å². The third-order valence-corrected chi connectivity index (χ3v) is 2.72. The fourth-order valence-electron chi connectivity index (χ4n) is 1.20. The first-order valence-electron chi connectivity index (χ1n) is 4.71. The Morgan fingerprint density at radius 2 is 2.29 bits per heavy atom. The maximum absolute atomic E-state index is 11.3. The Kier molecular flexibility index (Phi) is 5.42. The van der Waals surface area contributed by atoms with E-state index in [1.54, 1.807) is 13.0 Å². The van der Waals surface area contributed by atoms with E-state index in [-0.39, 0.29) is 0 Å². The second-order valence-corrected chi connectivity index (χ2v) is 3.51. The molecule has 0 aromatic rings. The van der Waals surface area contributed by atoms with E-state index in [9.17, 15) is 4.79 Å². The van der Waals surface area contributed by atoms with Crippen molar-refractivity contribution >= 4 is 5.97 Å². The van der Waals surface area contributed by atoms with Gasteiger partial charge in [-0.3, -0.25) is 9.79 Å². The molecule has 0 aromatic heterocycles. The first kappa shape index (κ1) is 13.1. The largest absolute Gasteiger partial charge is 0.361 e. The maximum Gasteiger partial charge on any atom is 0.361 e. The summed E-state index contributed by atoms with van der Waals surface area (Å²) in [4.78, 5) is 17.0. The monoisotopic (exact) mass is 201 g/mol. The van der Waals surface area contributed by atoms with Crippen molar-refractivity contribution in [3.8, 4) is 0 Å². The highest BCUT2D eigenvalue weighted by Crippen LogP contribution is 2.19. The zero-order valence-electron chi connectivity index (χ0n) is 9.12. The molecule has 0 spiro atoms. The number of rotatable bonds is 6. The summed E-state index contributed by atoms with van der Waals surface area (Å²) in [5.41, 5.74) is -0.766. The van der Waals surface area contributed by atoms with Gasteiger partial charge < -0.3 is 0 Å². The predicted octanol–water partition coefficient (Wildman–Crippen LogP) is 1.68. The first-order chi connectivity index (χ1) is 6.52. The van der Waals surface area contributed by atoms with Crippen LogP contribution in [-0.2, 0) is 9.68 Å². The molecule has 1 N–H and O–H groups in total. The van der Waals surface area contributed by atoms with Gasteiger partial charge in [-0.25, -0.2) is 4.79 Å². The van der Waals surface area contributed by atoms with E-state index in [0.717, 1.165) is 6.42 Å². The Hall–Kier alpha value is -0.870. The molecule has 82 valence electrons. The summed E-state index contributed by atoms with van der Waals surface area (Å²) < 4.78 is 0. The summed E-state index contributed by atoms with van der Waals surface area (Å²) in [5.74, 6) is -0.619. The molecule has 0 aliphatic carbocycles. The lowest BCUT2D eigenvalue weighted by molar-refractivity contribution is -0.245. The van der Waals surface area contributed by atoms with Gasteiger partial charge in [-0.2, -0.15) is 5.26 Å². The number of hydrogen-bond donors (Lipinski definition) is 1. The SMILES string of the molecule is C=CCCN(C)C(C)(CC)C(=O)OO. The lowest BCUT2D eigenvalue weighted by atomic mass is 9.97. The Morgan fingerprint density at radius 1 is 1.71 bits per heavy atom. The van der Waals surface area contributed by atoms with Crippen molar-refractivity contribution in [1.82, 2.24) is 4.90 Å². The highest BCUT2D eigenvalue weighted by Gasteiger charge is 2.37. The quantitative estimate of drug-likeness (QED) is 0.403. The molecule has 0 fully saturated rings. The lowest BCUT2D eigenvalue weighted by Gasteiger charge is -2.34. The van der Waals surface area contributed by atoms with Crippen LogP contribution < -0.4 is 0 Å². The fraction of sp³-hybridized carbons (Fsp3) is 0.700. The molecule has 4 nitrogen and oxygen atoms in total. The highest BCUT2D eigenvalue weighted by atomic mass is 17.1. The van der Waals surface area contributed by atoms with E-state index >= 15 is 0 Å². The van der Waals surface area contributed by atoms with E-state index in [2.05, 4.69) is 11.5 Å². The zero-order valence-corrected chi connectivity index (χ0v) is 9.12. The summed E-state index contributed by atoms with van der Waals surface area (Å²) in [5, 5.41) is 8.38. The van der Waals surface area contributed by atoms with E-state index in [4.69, 9.17) is 5.26 Å². The van der Waals surface area contributed by atoms with Gasteiger partial charge in [0.15, 0.2) is 0 Å². The average molecular weight is 201 g/mol. The number of likely N-dealkylation sites (N-methyl/N-ethyl adjacent to an activating group) is 1. The molecule has 0 amide bonds. The zero-order chi connectivity index (χ0) is 11.2. The van der Waals surface area contributed by atoms with Crippen molar-refractivity contribution in [1.29, 1.82) is 0 Å². The molecule has 0 aliphatic heterocycles. The Morgan fingerprint density at radius 3 is 2.64 bits per heavy atom. The van der Waals surface area contributed by atoms with Crippen molar-refractivity contribution < 1.29 is 14.9 Å². The van der Waals surface area contributed by atoms with Crippen LogP contribution in [0.3, 0.4) is 0 Å². The Labute approximate surface area is 85.1 Å². The van der Waals surface area contributed by atoms with Gasteiger partial charge in [0.1, 0.15) is 5.54 Å². The van der Waals surface area contributed by atoms with Crippen LogP contribution >= 0.6 is 0 Å². The Bertz CT molecular complexity index is 206. The lowest BCUT2D eigenvalue weighted by Crippen LogP contribution is -2.51. The molecule has 0 saturated carbocycles. The van der Waals surface area contributed by atoms with Gasteiger partial charge >= 0.3 is 5.97 Å². The molecular formula is C10H19NO3. The molecule has 0 aromatic carbocycles. The van der Waals surface area contributed by atoms with Crippen LogP contribution in [0.5, 0.6) is 0 Å². The van der Waals surface area contributed by atoms with Gasteiger partial charge in [-0.1, -0.05) is 13.0 Å². The molecular weight excluding hydrogens is 182 g/mol. The van der Waals surface area contributed by atoms with E-state index in [0.29, 0.717) is 13.0 Å². The Balaban J connectivity index is 4.49. The summed E-state index contributed by atoms with van der Waals surface area (Å²) in [6.45, 7) is 7.95. The first-order valence-corrected chi connectivity index (χ1v) is 4.71.